The quantitative estimate of drug-likeness (QED) is 0.244. The molecule has 0 radical (unpaired) electrons. The van der Waals surface area contributed by atoms with E-state index in [4.69, 9.17) is 23.2 Å². The molecule has 0 nitrogen and oxygen atoms in total. The molecule has 0 bridgehead atoms. The van der Waals surface area contributed by atoms with Gasteiger partial charge in [-0.1, -0.05) is 115 Å². The number of aryl methyl sites for hydroxylation is 1. The van der Waals surface area contributed by atoms with E-state index in [-0.39, 0.29) is 19.5 Å². The molecule has 3 saturated carbocycles. The van der Waals surface area contributed by atoms with Crippen molar-refractivity contribution in [1.82, 2.24) is 0 Å². The minimum Gasteiger partial charge on any atom is -0.0971 e. The molecular weight excluding hydrogens is 539 g/mol. The molecular formula is C28H45Cl2PRu. The van der Waals surface area contributed by atoms with Gasteiger partial charge >= 0.3 is 0 Å². The van der Waals surface area contributed by atoms with Gasteiger partial charge in [-0.15, -0.1) is 0 Å². The van der Waals surface area contributed by atoms with E-state index in [1.807, 2.05) is 19.1 Å². The predicted octanol–water partition coefficient (Wildman–Crippen LogP) is 10.9. The molecule has 0 spiro atoms. The van der Waals surface area contributed by atoms with Gasteiger partial charge in [0, 0.05) is 19.5 Å². The summed E-state index contributed by atoms with van der Waals surface area (Å²) < 4.78 is 0. The number of halogens is 2. The molecule has 1 aromatic carbocycles. The van der Waals surface area contributed by atoms with Crippen LogP contribution in [0.4, 0.5) is 0 Å². The number of hydrogen-bond acceptors (Lipinski definition) is 0. The average Bonchev–Trinajstić information content (AvgIpc) is 2.80. The molecule has 3 aliphatic carbocycles. The summed E-state index contributed by atoms with van der Waals surface area (Å²) in [4.78, 5) is 0. The van der Waals surface area contributed by atoms with Crippen LogP contribution in [0, 0.1) is 6.92 Å². The second-order valence-electron chi connectivity index (χ2n) is 10.6. The van der Waals surface area contributed by atoms with Gasteiger partial charge in [0.25, 0.3) is 0 Å². The molecule has 0 saturated heterocycles. The van der Waals surface area contributed by atoms with Gasteiger partial charge in [-0.3, -0.25) is 0 Å². The first-order valence-corrected chi connectivity index (χ1v) is 15.5. The van der Waals surface area contributed by atoms with Gasteiger partial charge in [0.05, 0.1) is 10.0 Å². The third-order valence-electron chi connectivity index (χ3n) is 7.92. The fourth-order valence-electron chi connectivity index (χ4n) is 6.14. The summed E-state index contributed by atoms with van der Waals surface area (Å²) >= 11 is 12.1. The van der Waals surface area contributed by atoms with Crippen LogP contribution >= 0.6 is 31.1 Å². The molecule has 4 heteroatoms. The molecule has 0 aromatic heterocycles. The van der Waals surface area contributed by atoms with Crippen molar-refractivity contribution in [3.63, 3.8) is 0 Å². The fraction of sp³-hybridized carbons (Fsp3) is 0.786. The first-order chi connectivity index (χ1) is 15.0. The van der Waals surface area contributed by atoms with Crippen molar-refractivity contribution in [1.29, 1.82) is 0 Å². The normalized spacial score (nSPS) is 21.2. The van der Waals surface area contributed by atoms with E-state index < -0.39 is 0 Å². The van der Waals surface area contributed by atoms with Crippen molar-refractivity contribution in [3.8, 4) is 0 Å². The first-order valence-electron chi connectivity index (χ1n) is 13.2. The van der Waals surface area contributed by atoms with Gasteiger partial charge in [-0.2, -0.15) is 0 Å². The first kappa shape index (κ1) is 29.1. The molecule has 4 rings (SSSR count). The van der Waals surface area contributed by atoms with E-state index in [0.717, 1.165) is 11.1 Å². The van der Waals surface area contributed by atoms with Crippen molar-refractivity contribution in [2.24, 2.45) is 0 Å². The van der Waals surface area contributed by atoms with Gasteiger partial charge in [0.15, 0.2) is 0 Å². The minimum absolute atomic E-state index is 0. The Morgan fingerprint density at radius 1 is 0.656 bits per heavy atom. The van der Waals surface area contributed by atoms with E-state index in [2.05, 4.69) is 13.8 Å². The summed E-state index contributed by atoms with van der Waals surface area (Å²) in [6.45, 7) is 6.16. The molecule has 0 unspecified atom stereocenters. The average molecular weight is 585 g/mol. The monoisotopic (exact) mass is 584 g/mol. The van der Waals surface area contributed by atoms with Crippen LogP contribution in [0.3, 0.4) is 0 Å². The van der Waals surface area contributed by atoms with E-state index in [9.17, 15) is 0 Å². The summed E-state index contributed by atoms with van der Waals surface area (Å²) in [6, 6.07) is 4.04. The molecule has 3 fully saturated rings. The Labute approximate surface area is 222 Å². The number of hydrogen-bond donors (Lipinski definition) is 0. The van der Waals surface area contributed by atoms with Crippen LogP contribution in [0.2, 0.25) is 10.0 Å². The predicted molar refractivity (Wildman–Crippen MR) is 143 cm³/mol. The smallest absolute Gasteiger partial charge is 0.0629 e. The molecule has 184 valence electrons. The van der Waals surface area contributed by atoms with Crippen LogP contribution in [0.1, 0.15) is 127 Å². The van der Waals surface area contributed by atoms with Gasteiger partial charge in [0.1, 0.15) is 0 Å². The van der Waals surface area contributed by atoms with Crippen molar-refractivity contribution in [3.05, 3.63) is 33.3 Å². The van der Waals surface area contributed by atoms with Crippen molar-refractivity contribution >= 4 is 31.1 Å². The number of rotatable bonds is 4. The third kappa shape index (κ3) is 8.22. The SMILES string of the molecule is C1CCC(P(C2CCCCC2)C2CCCCC2)CC1.Cc1ccc(C(C)C)c(Cl)c1Cl.[Ru]. The minimum atomic E-state index is 0. The van der Waals surface area contributed by atoms with E-state index in [1.165, 1.54) is 36.2 Å². The number of benzene rings is 1. The Bertz CT molecular complexity index is 617. The van der Waals surface area contributed by atoms with Crippen LogP contribution < -0.4 is 0 Å². The third-order valence-corrected chi connectivity index (χ3v) is 13.0. The largest absolute Gasteiger partial charge is 0.0971 e. The molecule has 32 heavy (non-hydrogen) atoms. The molecule has 0 amide bonds. The molecule has 0 aliphatic heterocycles. The van der Waals surface area contributed by atoms with Crippen LogP contribution in [0.15, 0.2) is 12.1 Å². The van der Waals surface area contributed by atoms with E-state index in [0.29, 0.717) is 23.9 Å². The van der Waals surface area contributed by atoms with Crippen molar-refractivity contribution in [2.75, 3.05) is 0 Å². The Morgan fingerprint density at radius 3 is 1.38 bits per heavy atom. The van der Waals surface area contributed by atoms with Crippen molar-refractivity contribution in [2.45, 2.75) is 140 Å². The molecule has 0 heterocycles. The summed E-state index contributed by atoms with van der Waals surface area (Å²) in [5.74, 6) is 0.426. The van der Waals surface area contributed by atoms with E-state index >= 15 is 0 Å². The Morgan fingerprint density at radius 2 is 1.03 bits per heavy atom. The fourth-order valence-corrected chi connectivity index (χ4v) is 11.4. The van der Waals surface area contributed by atoms with Gasteiger partial charge in [-0.25, -0.2) is 0 Å². The topological polar surface area (TPSA) is 0 Å². The van der Waals surface area contributed by atoms with Gasteiger partial charge < -0.3 is 0 Å². The maximum atomic E-state index is 6.06. The van der Waals surface area contributed by atoms with Gasteiger partial charge in [0.2, 0.25) is 0 Å². The second-order valence-corrected chi connectivity index (χ2v) is 14.4. The van der Waals surface area contributed by atoms with Crippen LogP contribution in [-0.2, 0) is 19.5 Å². The maximum absolute atomic E-state index is 6.06. The van der Waals surface area contributed by atoms with Gasteiger partial charge in [-0.05, 0) is 79.5 Å². The zero-order valence-corrected chi connectivity index (χ0v) is 24.8. The van der Waals surface area contributed by atoms with Crippen LogP contribution in [0.5, 0.6) is 0 Å². The zero-order chi connectivity index (χ0) is 22.2. The summed E-state index contributed by atoms with van der Waals surface area (Å²) in [6.07, 6.45) is 23.6. The Balaban J connectivity index is 0.000000244. The summed E-state index contributed by atoms with van der Waals surface area (Å²) in [5, 5.41) is 1.38. The molecule has 0 atom stereocenters. The van der Waals surface area contributed by atoms with Crippen LogP contribution in [-0.4, -0.2) is 17.0 Å². The zero-order valence-electron chi connectivity index (χ0n) is 20.6. The Kier molecular flexibility index (Phi) is 13.7. The Hall–Kier alpha value is 0.853. The van der Waals surface area contributed by atoms with Crippen molar-refractivity contribution < 1.29 is 19.5 Å². The van der Waals surface area contributed by atoms with E-state index in [1.54, 1.807) is 77.0 Å². The standard InChI is InChI=1S/C18H33P.C10H12Cl2.Ru/c1-4-10-16(11-5-1)19(17-12-6-2-7-13-17)18-14-8-3-9-15-18;1-6(2)8-5-4-7(3)9(11)10(8)12;/h16-18H,1-15H2;4-6H,1-3H3;. The molecule has 1 aromatic rings. The van der Waals surface area contributed by atoms with Crippen LogP contribution in [0.25, 0.3) is 0 Å². The summed E-state index contributed by atoms with van der Waals surface area (Å²) in [7, 11) is 0.385. The summed E-state index contributed by atoms with van der Waals surface area (Å²) in [5.41, 5.74) is 5.72. The molecule has 3 aliphatic rings. The maximum Gasteiger partial charge on any atom is 0.0629 e. The molecule has 0 N–H and O–H groups in total. The second kappa shape index (κ2) is 15.1.